The van der Waals surface area contributed by atoms with Gasteiger partial charge in [0.2, 0.25) is 0 Å². The molecule has 118 valence electrons. The maximum absolute atomic E-state index is 12.1. The Morgan fingerprint density at radius 1 is 1.48 bits per heavy atom. The largest absolute Gasteiger partial charge is 0.348 e. The number of aryl methyl sites for hydroxylation is 1. The van der Waals surface area contributed by atoms with Crippen molar-refractivity contribution in [1.29, 1.82) is 0 Å². The molecule has 0 bridgehead atoms. The third-order valence-electron chi connectivity index (χ3n) is 3.18. The Morgan fingerprint density at radius 3 is 2.62 bits per heavy atom. The number of carbonyl (C=O) groups excluding carboxylic acids is 1. The summed E-state index contributed by atoms with van der Waals surface area (Å²) in [5, 5.41) is 13.6. The lowest BCUT2D eigenvalue weighted by Gasteiger charge is -2.16. The number of nitro benzene ring substituents is 1. The lowest BCUT2D eigenvalue weighted by Crippen LogP contribution is -2.40. The molecule has 0 aliphatic carbocycles. The van der Waals surface area contributed by atoms with Gasteiger partial charge in [-0.25, -0.2) is 0 Å². The summed E-state index contributed by atoms with van der Waals surface area (Å²) in [6, 6.07) is 4.29. The molecule has 6 nitrogen and oxygen atoms in total. The van der Waals surface area contributed by atoms with Crippen molar-refractivity contribution in [2.24, 2.45) is 5.73 Å². The Morgan fingerprint density at radius 2 is 2.14 bits per heavy atom. The number of nitrogens with one attached hydrogen (secondary N) is 1. The van der Waals surface area contributed by atoms with E-state index >= 15 is 0 Å². The Balaban J connectivity index is 0.00000400. The van der Waals surface area contributed by atoms with Gasteiger partial charge in [0.1, 0.15) is 0 Å². The number of hydrogen-bond acceptors (Lipinski definition) is 4. The lowest BCUT2D eigenvalue weighted by molar-refractivity contribution is -0.385. The topological polar surface area (TPSA) is 98.3 Å². The minimum atomic E-state index is -0.457. The first kappa shape index (κ1) is 19.3. The third kappa shape index (κ3) is 5.69. The van der Waals surface area contributed by atoms with Gasteiger partial charge in [-0.3, -0.25) is 14.9 Å². The van der Waals surface area contributed by atoms with Crippen molar-refractivity contribution in [3.05, 3.63) is 39.4 Å². The van der Waals surface area contributed by atoms with Crippen LogP contribution in [0.1, 0.15) is 42.1 Å². The van der Waals surface area contributed by atoms with Crippen molar-refractivity contribution >= 4 is 24.0 Å². The first-order valence-electron chi connectivity index (χ1n) is 6.75. The van der Waals surface area contributed by atoms with E-state index in [4.69, 9.17) is 5.73 Å². The number of amides is 1. The van der Waals surface area contributed by atoms with Crippen LogP contribution in [0.5, 0.6) is 0 Å². The van der Waals surface area contributed by atoms with Crippen LogP contribution in [0.25, 0.3) is 0 Å². The van der Waals surface area contributed by atoms with E-state index in [1.165, 1.54) is 18.2 Å². The van der Waals surface area contributed by atoms with Crippen LogP contribution in [0, 0.1) is 17.0 Å². The maximum Gasteiger partial charge on any atom is 0.272 e. The molecule has 3 N–H and O–H groups in total. The zero-order chi connectivity index (χ0) is 15.1. The Labute approximate surface area is 130 Å². The molecule has 0 saturated carbocycles. The number of unbranched alkanes of at least 4 members (excludes halogenated alkanes) is 1. The fraction of sp³-hybridized carbons (Fsp3) is 0.500. The molecule has 21 heavy (non-hydrogen) atoms. The minimum absolute atomic E-state index is 0. The Kier molecular flexibility index (Phi) is 8.57. The number of nitro groups is 1. The van der Waals surface area contributed by atoms with Crippen molar-refractivity contribution in [1.82, 2.24) is 5.32 Å². The quantitative estimate of drug-likeness (QED) is 0.596. The van der Waals surface area contributed by atoms with E-state index in [9.17, 15) is 14.9 Å². The molecule has 0 radical (unpaired) electrons. The van der Waals surface area contributed by atoms with Crippen LogP contribution >= 0.6 is 12.4 Å². The van der Waals surface area contributed by atoms with Crippen LogP contribution in [0.15, 0.2) is 18.2 Å². The van der Waals surface area contributed by atoms with E-state index in [2.05, 4.69) is 12.2 Å². The number of halogens is 1. The van der Waals surface area contributed by atoms with Crippen LogP contribution in [-0.2, 0) is 0 Å². The minimum Gasteiger partial charge on any atom is -0.348 e. The van der Waals surface area contributed by atoms with Gasteiger partial charge in [0, 0.05) is 29.8 Å². The van der Waals surface area contributed by atoms with Gasteiger partial charge in [-0.2, -0.15) is 0 Å². The molecule has 1 amide bonds. The molecule has 0 aromatic heterocycles. The molecule has 1 atom stereocenters. The molecule has 1 rings (SSSR count). The average Bonchev–Trinajstić information content (AvgIpc) is 2.42. The van der Waals surface area contributed by atoms with Crippen molar-refractivity contribution in [3.8, 4) is 0 Å². The molecule has 0 aliphatic rings. The number of rotatable bonds is 7. The van der Waals surface area contributed by atoms with Gasteiger partial charge in [-0.15, -0.1) is 12.4 Å². The molecule has 7 heteroatoms. The normalized spacial score (nSPS) is 11.4. The Bertz CT molecular complexity index is 494. The average molecular weight is 316 g/mol. The second kappa shape index (κ2) is 9.31. The van der Waals surface area contributed by atoms with Gasteiger partial charge < -0.3 is 11.1 Å². The molecule has 0 saturated heterocycles. The maximum atomic E-state index is 12.1. The summed E-state index contributed by atoms with van der Waals surface area (Å²) in [4.78, 5) is 22.4. The summed E-state index contributed by atoms with van der Waals surface area (Å²) in [5.74, 6) is -0.241. The highest BCUT2D eigenvalue weighted by molar-refractivity contribution is 5.94. The standard InChI is InChI=1S/C14H21N3O3.ClH/c1-3-4-5-12(9-15)16-14(18)11-6-7-13(17(19)20)10(2)8-11;/h6-8,12H,3-5,9,15H2,1-2H3,(H,16,18);1H. The van der Waals surface area contributed by atoms with Crippen LogP contribution < -0.4 is 11.1 Å². The van der Waals surface area contributed by atoms with E-state index in [1.807, 2.05) is 0 Å². The van der Waals surface area contributed by atoms with Crippen molar-refractivity contribution in [3.63, 3.8) is 0 Å². The number of hydrogen-bond donors (Lipinski definition) is 2. The summed E-state index contributed by atoms with van der Waals surface area (Å²) >= 11 is 0. The van der Waals surface area contributed by atoms with Gasteiger partial charge in [-0.1, -0.05) is 19.8 Å². The summed E-state index contributed by atoms with van der Waals surface area (Å²) in [6.45, 7) is 4.08. The first-order chi connectivity index (χ1) is 9.49. The number of nitrogens with zero attached hydrogens (tertiary/aromatic N) is 1. The van der Waals surface area contributed by atoms with E-state index in [0.29, 0.717) is 17.7 Å². The van der Waals surface area contributed by atoms with Crippen molar-refractivity contribution in [2.45, 2.75) is 39.2 Å². The van der Waals surface area contributed by atoms with Gasteiger partial charge in [0.15, 0.2) is 0 Å². The molecule has 0 aliphatic heterocycles. The predicted octanol–water partition coefficient (Wildman–Crippen LogP) is 2.57. The zero-order valence-corrected chi connectivity index (χ0v) is 13.1. The smallest absolute Gasteiger partial charge is 0.272 e. The van der Waals surface area contributed by atoms with Gasteiger partial charge in [0.25, 0.3) is 11.6 Å². The van der Waals surface area contributed by atoms with E-state index in [-0.39, 0.29) is 30.0 Å². The molecular weight excluding hydrogens is 294 g/mol. The molecule has 1 aromatic rings. The fourth-order valence-corrected chi connectivity index (χ4v) is 1.97. The lowest BCUT2D eigenvalue weighted by atomic mass is 10.1. The zero-order valence-electron chi connectivity index (χ0n) is 12.3. The second-order valence-electron chi connectivity index (χ2n) is 4.81. The summed E-state index contributed by atoms with van der Waals surface area (Å²) in [5.41, 5.74) is 6.54. The third-order valence-corrected chi connectivity index (χ3v) is 3.18. The van der Waals surface area contributed by atoms with Crippen molar-refractivity contribution in [2.75, 3.05) is 6.54 Å². The van der Waals surface area contributed by atoms with Gasteiger partial charge in [0.05, 0.1) is 4.92 Å². The van der Waals surface area contributed by atoms with E-state index in [0.717, 1.165) is 19.3 Å². The fourth-order valence-electron chi connectivity index (χ4n) is 1.97. The number of nitrogens with two attached hydrogens (primary N) is 1. The summed E-state index contributed by atoms with van der Waals surface area (Å²) in [6.07, 6.45) is 2.88. The van der Waals surface area contributed by atoms with Gasteiger partial charge in [-0.05, 0) is 25.5 Å². The highest BCUT2D eigenvalue weighted by Gasteiger charge is 2.16. The predicted molar refractivity (Wildman–Crippen MR) is 84.9 cm³/mol. The van der Waals surface area contributed by atoms with Crippen LogP contribution in [0.4, 0.5) is 5.69 Å². The second-order valence-corrected chi connectivity index (χ2v) is 4.81. The SMILES string of the molecule is CCCCC(CN)NC(=O)c1ccc([N+](=O)[O-])c(C)c1.Cl. The highest BCUT2D eigenvalue weighted by atomic mass is 35.5. The van der Waals surface area contributed by atoms with Crippen LogP contribution in [-0.4, -0.2) is 23.4 Å². The summed E-state index contributed by atoms with van der Waals surface area (Å²) in [7, 11) is 0. The van der Waals surface area contributed by atoms with Crippen molar-refractivity contribution < 1.29 is 9.72 Å². The van der Waals surface area contributed by atoms with Crippen LogP contribution in [0.2, 0.25) is 0 Å². The molecular formula is C14H22ClN3O3. The molecule has 1 unspecified atom stereocenters. The highest BCUT2D eigenvalue weighted by Crippen LogP contribution is 2.18. The van der Waals surface area contributed by atoms with Crippen LogP contribution in [0.3, 0.4) is 0 Å². The molecule has 0 spiro atoms. The molecule has 0 fully saturated rings. The molecule has 0 heterocycles. The first-order valence-corrected chi connectivity index (χ1v) is 6.75. The van der Waals surface area contributed by atoms with Gasteiger partial charge >= 0.3 is 0 Å². The monoisotopic (exact) mass is 315 g/mol. The van der Waals surface area contributed by atoms with E-state index in [1.54, 1.807) is 6.92 Å². The Hall–Kier alpha value is -1.66. The molecule has 1 aromatic carbocycles. The summed E-state index contributed by atoms with van der Waals surface area (Å²) < 4.78 is 0. The van der Waals surface area contributed by atoms with E-state index < -0.39 is 4.92 Å². The number of carbonyl (C=O) groups is 1. The number of benzene rings is 1.